The molecule has 0 bridgehead atoms. The molecule has 0 saturated carbocycles. The van der Waals surface area contributed by atoms with Crippen LogP contribution >= 0.6 is 0 Å². The molecule has 2 aromatic rings. The highest BCUT2D eigenvalue weighted by Crippen LogP contribution is 2.26. The Morgan fingerprint density at radius 3 is 2.30 bits per heavy atom. The average Bonchev–Trinajstić information content (AvgIpc) is 3.04. The predicted molar refractivity (Wildman–Crippen MR) is 117 cm³/mol. The van der Waals surface area contributed by atoms with E-state index in [2.05, 4.69) is 5.32 Å². The van der Waals surface area contributed by atoms with Crippen molar-refractivity contribution in [1.29, 1.82) is 0 Å². The van der Waals surface area contributed by atoms with Crippen molar-refractivity contribution in [2.75, 3.05) is 19.6 Å². The lowest BCUT2D eigenvalue weighted by Crippen LogP contribution is -2.49. The Hall–Kier alpha value is -4.08. The lowest BCUT2D eigenvalue weighted by Gasteiger charge is -2.32. The molecule has 170 valence electrons. The molecule has 0 unspecified atom stereocenters. The third-order valence-corrected chi connectivity index (χ3v) is 5.91. The van der Waals surface area contributed by atoms with Crippen molar-refractivity contribution in [2.24, 2.45) is 0 Å². The normalized spacial score (nSPS) is 16.0. The van der Waals surface area contributed by atoms with Gasteiger partial charge in [0, 0.05) is 36.8 Å². The standard InChI is InChI=1S/C23H22N4O6/c1-14-2-4-15(5-3-14)21(29)25-10-8-16(9-11-25)24-20(28)13-26-22(30)18-7-6-17(27(32)33)12-19(18)23(26)31/h2-7,12,16H,8-11,13H2,1H3,(H,24,28). The van der Waals surface area contributed by atoms with Crippen LogP contribution < -0.4 is 5.32 Å². The summed E-state index contributed by atoms with van der Waals surface area (Å²) in [6.07, 6.45) is 1.11. The zero-order valence-electron chi connectivity index (χ0n) is 17.9. The quantitative estimate of drug-likeness (QED) is 0.421. The monoisotopic (exact) mass is 450 g/mol. The van der Waals surface area contributed by atoms with Gasteiger partial charge in [-0.05, 0) is 38.0 Å². The first kappa shape index (κ1) is 22.1. The van der Waals surface area contributed by atoms with Crippen molar-refractivity contribution in [1.82, 2.24) is 15.1 Å². The van der Waals surface area contributed by atoms with Crippen LogP contribution in [0.4, 0.5) is 5.69 Å². The summed E-state index contributed by atoms with van der Waals surface area (Å²) in [5.41, 5.74) is 1.36. The number of rotatable bonds is 5. The molecule has 0 atom stereocenters. The van der Waals surface area contributed by atoms with Gasteiger partial charge in [-0.1, -0.05) is 17.7 Å². The van der Waals surface area contributed by atoms with E-state index in [4.69, 9.17) is 0 Å². The van der Waals surface area contributed by atoms with Crippen LogP contribution in [0.5, 0.6) is 0 Å². The van der Waals surface area contributed by atoms with Crippen molar-refractivity contribution in [3.63, 3.8) is 0 Å². The molecule has 0 aromatic heterocycles. The highest BCUT2D eigenvalue weighted by atomic mass is 16.6. The fraction of sp³-hybridized carbons (Fsp3) is 0.304. The fourth-order valence-electron chi connectivity index (χ4n) is 4.06. The number of non-ortho nitro benzene ring substituents is 1. The Labute approximate surface area is 189 Å². The summed E-state index contributed by atoms with van der Waals surface area (Å²) in [6.45, 7) is 2.44. The Morgan fingerprint density at radius 2 is 1.67 bits per heavy atom. The molecule has 2 heterocycles. The zero-order chi connectivity index (χ0) is 23.7. The average molecular weight is 450 g/mol. The maximum Gasteiger partial charge on any atom is 0.270 e. The molecule has 4 rings (SSSR count). The van der Waals surface area contributed by atoms with E-state index in [1.165, 1.54) is 6.07 Å². The van der Waals surface area contributed by atoms with Crippen LogP contribution in [0.15, 0.2) is 42.5 Å². The molecule has 1 N–H and O–H groups in total. The van der Waals surface area contributed by atoms with Gasteiger partial charge >= 0.3 is 0 Å². The minimum Gasteiger partial charge on any atom is -0.352 e. The van der Waals surface area contributed by atoms with E-state index < -0.39 is 29.2 Å². The smallest absolute Gasteiger partial charge is 0.270 e. The van der Waals surface area contributed by atoms with Crippen LogP contribution in [0.25, 0.3) is 0 Å². The van der Waals surface area contributed by atoms with E-state index in [-0.39, 0.29) is 28.8 Å². The van der Waals surface area contributed by atoms with Crippen molar-refractivity contribution >= 4 is 29.3 Å². The van der Waals surface area contributed by atoms with E-state index in [1.54, 1.807) is 17.0 Å². The Kier molecular flexibility index (Phi) is 5.91. The summed E-state index contributed by atoms with van der Waals surface area (Å²) in [4.78, 5) is 63.0. The molecule has 4 amide bonds. The second kappa shape index (κ2) is 8.81. The summed E-state index contributed by atoms with van der Waals surface area (Å²) in [6, 6.07) is 10.6. The van der Waals surface area contributed by atoms with Crippen LogP contribution in [-0.2, 0) is 4.79 Å². The molecule has 2 aromatic carbocycles. The number of benzene rings is 2. The minimum atomic E-state index is -0.729. The number of nitrogens with one attached hydrogen (secondary N) is 1. The van der Waals surface area contributed by atoms with Crippen LogP contribution in [0, 0.1) is 17.0 Å². The predicted octanol–water partition coefficient (Wildman–Crippen LogP) is 1.92. The van der Waals surface area contributed by atoms with Crippen molar-refractivity contribution < 1.29 is 24.1 Å². The highest BCUT2D eigenvalue weighted by Gasteiger charge is 2.38. The SMILES string of the molecule is Cc1ccc(C(=O)N2CCC(NC(=O)CN3C(=O)c4ccc([N+](=O)[O-])cc4C3=O)CC2)cc1. The Bertz CT molecular complexity index is 1150. The first-order valence-electron chi connectivity index (χ1n) is 10.5. The molecule has 0 aliphatic carbocycles. The van der Waals surface area contributed by atoms with Gasteiger partial charge in [0.25, 0.3) is 23.4 Å². The number of piperidine rings is 1. The van der Waals surface area contributed by atoms with Gasteiger partial charge < -0.3 is 10.2 Å². The topological polar surface area (TPSA) is 130 Å². The molecule has 0 radical (unpaired) electrons. The van der Waals surface area contributed by atoms with Crippen LogP contribution in [-0.4, -0.2) is 64.0 Å². The number of aryl methyl sites for hydroxylation is 1. The number of amides is 4. The lowest BCUT2D eigenvalue weighted by molar-refractivity contribution is -0.384. The van der Waals surface area contributed by atoms with Gasteiger partial charge in [0.1, 0.15) is 6.54 Å². The number of nitro groups is 1. The number of likely N-dealkylation sites (tertiary alicyclic amines) is 1. The summed E-state index contributed by atoms with van der Waals surface area (Å²) < 4.78 is 0. The lowest BCUT2D eigenvalue weighted by atomic mass is 10.0. The highest BCUT2D eigenvalue weighted by molar-refractivity contribution is 6.22. The summed E-state index contributed by atoms with van der Waals surface area (Å²) in [7, 11) is 0. The molecule has 1 saturated heterocycles. The number of carbonyl (C=O) groups excluding carboxylic acids is 4. The van der Waals surface area contributed by atoms with Gasteiger partial charge in [0.15, 0.2) is 0 Å². The number of fused-ring (bicyclic) bond motifs is 1. The second-order valence-corrected chi connectivity index (χ2v) is 8.18. The summed E-state index contributed by atoms with van der Waals surface area (Å²) in [5, 5.41) is 13.8. The van der Waals surface area contributed by atoms with Crippen molar-refractivity contribution in [3.05, 3.63) is 74.8 Å². The zero-order valence-corrected chi connectivity index (χ0v) is 17.9. The number of imide groups is 1. The molecule has 2 aliphatic rings. The minimum absolute atomic E-state index is 0.0429. The number of carbonyl (C=O) groups is 4. The molecule has 33 heavy (non-hydrogen) atoms. The number of hydrogen-bond donors (Lipinski definition) is 1. The molecule has 10 nitrogen and oxygen atoms in total. The van der Waals surface area contributed by atoms with E-state index >= 15 is 0 Å². The molecule has 10 heteroatoms. The number of nitrogens with zero attached hydrogens (tertiary/aromatic N) is 3. The molecule has 1 fully saturated rings. The van der Waals surface area contributed by atoms with E-state index in [1.807, 2.05) is 19.1 Å². The van der Waals surface area contributed by atoms with Gasteiger partial charge in [0.05, 0.1) is 16.1 Å². The first-order valence-corrected chi connectivity index (χ1v) is 10.5. The summed E-state index contributed by atoms with van der Waals surface area (Å²) >= 11 is 0. The third kappa shape index (κ3) is 4.45. The molecule has 0 spiro atoms. The van der Waals surface area contributed by atoms with Crippen LogP contribution in [0.3, 0.4) is 0 Å². The van der Waals surface area contributed by atoms with Crippen LogP contribution in [0.2, 0.25) is 0 Å². The Morgan fingerprint density at radius 1 is 1.03 bits per heavy atom. The van der Waals surface area contributed by atoms with E-state index in [0.717, 1.165) is 22.6 Å². The Balaban J connectivity index is 1.31. The van der Waals surface area contributed by atoms with Gasteiger partial charge in [-0.3, -0.25) is 34.2 Å². The maximum atomic E-state index is 12.6. The first-order chi connectivity index (χ1) is 15.7. The van der Waals surface area contributed by atoms with E-state index in [0.29, 0.717) is 31.5 Å². The summed E-state index contributed by atoms with van der Waals surface area (Å²) in [5.74, 6) is -1.94. The van der Waals surface area contributed by atoms with Crippen molar-refractivity contribution in [3.8, 4) is 0 Å². The van der Waals surface area contributed by atoms with Gasteiger partial charge in [0.2, 0.25) is 5.91 Å². The second-order valence-electron chi connectivity index (χ2n) is 8.18. The van der Waals surface area contributed by atoms with Gasteiger partial charge in [-0.25, -0.2) is 0 Å². The number of hydrogen-bond acceptors (Lipinski definition) is 6. The molecular weight excluding hydrogens is 428 g/mol. The van der Waals surface area contributed by atoms with Crippen LogP contribution in [0.1, 0.15) is 49.5 Å². The maximum absolute atomic E-state index is 12.6. The third-order valence-electron chi connectivity index (χ3n) is 5.91. The molecule has 2 aliphatic heterocycles. The number of nitro benzene ring substituents is 1. The van der Waals surface area contributed by atoms with Gasteiger partial charge in [-0.2, -0.15) is 0 Å². The van der Waals surface area contributed by atoms with Gasteiger partial charge in [-0.15, -0.1) is 0 Å². The fourth-order valence-corrected chi connectivity index (χ4v) is 4.06. The van der Waals surface area contributed by atoms with Crippen molar-refractivity contribution in [2.45, 2.75) is 25.8 Å². The van der Waals surface area contributed by atoms with E-state index in [9.17, 15) is 29.3 Å². The molecular formula is C23H22N4O6. The largest absolute Gasteiger partial charge is 0.352 e.